The highest BCUT2D eigenvalue weighted by molar-refractivity contribution is 8.01. The van der Waals surface area contributed by atoms with Crippen molar-refractivity contribution in [2.45, 2.75) is 74.6 Å². The van der Waals surface area contributed by atoms with Gasteiger partial charge in [0.15, 0.2) is 10.9 Å². The number of ether oxygens (including phenoxy) is 2. The molecule has 1 aromatic carbocycles. The van der Waals surface area contributed by atoms with E-state index >= 15 is 4.39 Å². The van der Waals surface area contributed by atoms with Crippen molar-refractivity contribution in [1.29, 1.82) is 0 Å². The first kappa shape index (κ1) is 29.1. The molecule has 2 fully saturated rings. The average molecular weight is 579 g/mol. The van der Waals surface area contributed by atoms with Crippen molar-refractivity contribution in [3.05, 3.63) is 29.2 Å². The summed E-state index contributed by atoms with van der Waals surface area (Å²) in [6.07, 6.45) is 2.91. The summed E-state index contributed by atoms with van der Waals surface area (Å²) in [5, 5.41) is 3.27. The summed E-state index contributed by atoms with van der Waals surface area (Å²) in [6, 6.07) is 1.65. The molecule has 12 heteroatoms. The summed E-state index contributed by atoms with van der Waals surface area (Å²) in [6.45, 7) is 11.5. The maximum absolute atomic E-state index is 16.1. The fraction of sp³-hybridized carbons (Fsp3) is 0.556. The number of thiazole rings is 1. The number of carbonyl (C=O) groups excluding carboxylic acids is 3. The van der Waals surface area contributed by atoms with Gasteiger partial charge in [0.2, 0.25) is 5.91 Å². The molecule has 212 valence electrons. The maximum atomic E-state index is 16.1. The van der Waals surface area contributed by atoms with Crippen LogP contribution in [0.4, 0.5) is 14.3 Å². The number of nitrogens with one attached hydrogen (secondary N) is 1. The Bertz CT molecular complexity index is 1290. The standard InChI is InChI=1S/C27H35FN4O5S2/c1-15-12-17(36-7)19(20(28)21(15)38-18-13-29-24(39-18)30-22(33)16-8-9-16)23(34)32-11-10-31(14-27(32,5)6)25(35)37-26(2,3)4/h12-13,16H,8-11,14H2,1-7H3,(H,29,30,33). The predicted octanol–water partition coefficient (Wildman–Crippen LogP) is 5.57. The van der Waals surface area contributed by atoms with Crippen molar-refractivity contribution in [2.75, 3.05) is 32.1 Å². The number of piperazine rings is 1. The van der Waals surface area contributed by atoms with E-state index in [0.29, 0.717) is 14.9 Å². The first-order chi connectivity index (χ1) is 18.2. The molecule has 0 unspecified atom stereocenters. The van der Waals surface area contributed by atoms with Gasteiger partial charge in [-0.15, -0.1) is 0 Å². The zero-order valence-corrected chi connectivity index (χ0v) is 25.0. The molecule has 0 bridgehead atoms. The molecular weight excluding hydrogens is 543 g/mol. The third-order valence-electron chi connectivity index (χ3n) is 6.47. The number of hydrogen-bond acceptors (Lipinski definition) is 8. The van der Waals surface area contributed by atoms with Crippen LogP contribution >= 0.6 is 23.1 Å². The van der Waals surface area contributed by atoms with E-state index in [1.54, 1.807) is 49.8 Å². The van der Waals surface area contributed by atoms with E-state index in [-0.39, 0.29) is 47.7 Å². The molecule has 9 nitrogen and oxygen atoms in total. The van der Waals surface area contributed by atoms with Crippen molar-refractivity contribution >= 4 is 46.1 Å². The van der Waals surface area contributed by atoms with Gasteiger partial charge in [-0.3, -0.25) is 9.59 Å². The minimum absolute atomic E-state index is 0.0463. The smallest absolute Gasteiger partial charge is 0.410 e. The number of nitrogens with zero attached hydrogens (tertiary/aromatic N) is 3. The number of hydrogen-bond donors (Lipinski definition) is 1. The Hall–Kier alpha value is -2.86. The first-order valence-electron chi connectivity index (χ1n) is 12.8. The van der Waals surface area contributed by atoms with Crippen LogP contribution in [0.5, 0.6) is 5.75 Å². The highest BCUT2D eigenvalue weighted by atomic mass is 32.2. The number of benzene rings is 1. The fourth-order valence-corrected chi connectivity index (χ4v) is 6.31. The molecule has 1 N–H and O–H groups in total. The highest BCUT2D eigenvalue weighted by Gasteiger charge is 2.42. The van der Waals surface area contributed by atoms with Crippen molar-refractivity contribution in [3.8, 4) is 5.75 Å². The molecule has 2 aromatic rings. The Balaban J connectivity index is 1.56. The lowest BCUT2D eigenvalue weighted by Crippen LogP contribution is -2.62. The summed E-state index contributed by atoms with van der Waals surface area (Å²) >= 11 is 2.41. The van der Waals surface area contributed by atoms with Gasteiger partial charge in [0, 0.05) is 25.6 Å². The Kier molecular flexibility index (Phi) is 8.18. The molecule has 0 radical (unpaired) electrons. The third-order valence-corrected chi connectivity index (χ3v) is 8.69. The first-order valence-corrected chi connectivity index (χ1v) is 14.4. The molecule has 0 spiro atoms. The molecule has 1 aliphatic carbocycles. The van der Waals surface area contributed by atoms with Crippen molar-refractivity contribution < 1.29 is 28.2 Å². The number of amides is 3. The van der Waals surface area contributed by atoms with Crippen LogP contribution in [0.25, 0.3) is 0 Å². The van der Waals surface area contributed by atoms with E-state index in [2.05, 4.69) is 10.3 Å². The molecule has 1 aliphatic heterocycles. The lowest BCUT2D eigenvalue weighted by molar-refractivity contribution is -0.117. The van der Waals surface area contributed by atoms with E-state index in [9.17, 15) is 14.4 Å². The van der Waals surface area contributed by atoms with Gasteiger partial charge < -0.3 is 24.6 Å². The fourth-order valence-electron chi connectivity index (χ4n) is 4.38. The summed E-state index contributed by atoms with van der Waals surface area (Å²) in [7, 11) is 1.40. The molecule has 2 heterocycles. The average Bonchev–Trinajstić information content (AvgIpc) is 3.60. The number of halogens is 1. The minimum Gasteiger partial charge on any atom is -0.496 e. The lowest BCUT2D eigenvalue weighted by atomic mass is 9.97. The summed E-state index contributed by atoms with van der Waals surface area (Å²) in [5.74, 6) is -1.04. The van der Waals surface area contributed by atoms with Gasteiger partial charge in [-0.25, -0.2) is 14.2 Å². The molecule has 2 aliphatic rings. The van der Waals surface area contributed by atoms with Gasteiger partial charge in [0.25, 0.3) is 5.91 Å². The number of carbonyl (C=O) groups is 3. The number of methoxy groups -OCH3 is 1. The monoisotopic (exact) mass is 578 g/mol. The molecule has 1 saturated heterocycles. The van der Waals surface area contributed by atoms with E-state index < -0.39 is 29.0 Å². The van der Waals surface area contributed by atoms with Crippen LogP contribution in [-0.4, -0.2) is 70.6 Å². The van der Waals surface area contributed by atoms with Crippen molar-refractivity contribution in [3.63, 3.8) is 0 Å². The molecule has 4 rings (SSSR count). The maximum Gasteiger partial charge on any atom is 0.410 e. The Morgan fingerprint density at radius 2 is 1.92 bits per heavy atom. The zero-order valence-electron chi connectivity index (χ0n) is 23.3. The largest absolute Gasteiger partial charge is 0.496 e. The van der Waals surface area contributed by atoms with Gasteiger partial charge in [-0.05, 0) is 66.0 Å². The Labute approximate surface area is 236 Å². The molecule has 0 atom stereocenters. The molecule has 1 saturated carbocycles. The Morgan fingerprint density at radius 1 is 1.23 bits per heavy atom. The van der Waals surface area contributed by atoms with Gasteiger partial charge in [0.1, 0.15) is 16.9 Å². The number of rotatable bonds is 6. The highest BCUT2D eigenvalue weighted by Crippen LogP contribution is 2.42. The third kappa shape index (κ3) is 6.66. The molecule has 39 heavy (non-hydrogen) atoms. The second kappa shape index (κ2) is 11.0. The second-order valence-corrected chi connectivity index (χ2v) is 13.8. The Morgan fingerprint density at radius 3 is 2.51 bits per heavy atom. The topological polar surface area (TPSA) is 101 Å². The molecular formula is C27H35FN4O5S2. The van der Waals surface area contributed by atoms with E-state index in [4.69, 9.17) is 9.47 Å². The zero-order chi connectivity index (χ0) is 28.7. The van der Waals surface area contributed by atoms with Crippen LogP contribution in [0.1, 0.15) is 63.4 Å². The van der Waals surface area contributed by atoms with Crippen LogP contribution in [0, 0.1) is 18.7 Å². The van der Waals surface area contributed by atoms with E-state index in [0.717, 1.165) is 24.6 Å². The molecule has 3 amide bonds. The normalized spacial score (nSPS) is 17.1. The number of anilines is 1. The van der Waals surface area contributed by atoms with Crippen LogP contribution in [0.15, 0.2) is 21.4 Å². The SMILES string of the molecule is COc1cc(C)c(Sc2cnc(NC(=O)C3CC3)s2)c(F)c1C(=O)N1CCN(C(=O)OC(C)(C)C)CC1(C)C. The van der Waals surface area contributed by atoms with Crippen molar-refractivity contribution in [2.24, 2.45) is 5.92 Å². The van der Waals surface area contributed by atoms with Gasteiger partial charge in [-0.1, -0.05) is 23.1 Å². The number of aryl methyl sites for hydroxylation is 1. The minimum atomic E-state index is -0.784. The van der Waals surface area contributed by atoms with Crippen LogP contribution < -0.4 is 10.1 Å². The predicted molar refractivity (Wildman–Crippen MR) is 148 cm³/mol. The van der Waals surface area contributed by atoms with Gasteiger partial charge in [0.05, 0.1) is 28.0 Å². The van der Waals surface area contributed by atoms with Crippen LogP contribution in [0.3, 0.4) is 0 Å². The number of aromatic nitrogens is 1. The summed E-state index contributed by atoms with van der Waals surface area (Å²) in [4.78, 5) is 46.2. The lowest BCUT2D eigenvalue weighted by Gasteiger charge is -2.47. The van der Waals surface area contributed by atoms with E-state index in [1.165, 1.54) is 18.4 Å². The van der Waals surface area contributed by atoms with Crippen LogP contribution in [0.2, 0.25) is 0 Å². The quantitative estimate of drug-likeness (QED) is 0.478. The second-order valence-electron chi connectivity index (χ2n) is 11.4. The molecule has 1 aromatic heterocycles. The van der Waals surface area contributed by atoms with Gasteiger partial charge in [-0.2, -0.15) is 0 Å². The summed E-state index contributed by atoms with van der Waals surface area (Å²) < 4.78 is 27.8. The van der Waals surface area contributed by atoms with Gasteiger partial charge >= 0.3 is 6.09 Å². The van der Waals surface area contributed by atoms with Crippen molar-refractivity contribution in [1.82, 2.24) is 14.8 Å². The van der Waals surface area contributed by atoms with Crippen LogP contribution in [-0.2, 0) is 9.53 Å². The summed E-state index contributed by atoms with van der Waals surface area (Å²) in [5.41, 5.74) is -0.968. The van der Waals surface area contributed by atoms with E-state index in [1.807, 2.05) is 13.8 Å².